The molecule has 0 aromatic heterocycles. The molecule has 0 radical (unpaired) electrons. The van der Waals surface area contributed by atoms with E-state index >= 15 is 0 Å². The Morgan fingerprint density at radius 1 is 0.943 bits per heavy atom. The summed E-state index contributed by atoms with van der Waals surface area (Å²) in [4.78, 5) is 25.7. The third-order valence-corrected chi connectivity index (χ3v) is 6.66. The first-order valence-corrected chi connectivity index (χ1v) is 12.1. The van der Waals surface area contributed by atoms with Crippen LogP contribution < -0.4 is 10.1 Å². The summed E-state index contributed by atoms with van der Waals surface area (Å²) >= 11 is 12.0. The number of amides is 1. The molecule has 1 saturated heterocycles. The number of ether oxygens (including phenoxy) is 1. The number of carbonyl (C=O) groups is 1. The first-order chi connectivity index (χ1) is 16.9. The van der Waals surface area contributed by atoms with Crippen molar-refractivity contribution in [3.63, 3.8) is 0 Å². The lowest BCUT2D eigenvalue weighted by atomic mass is 10.0. The second kappa shape index (κ2) is 11.5. The zero-order valence-electron chi connectivity index (χ0n) is 19.0. The van der Waals surface area contributed by atoms with Gasteiger partial charge in [0.25, 0.3) is 0 Å². The summed E-state index contributed by atoms with van der Waals surface area (Å²) in [5, 5.41) is 15.0. The fraction of sp³-hybridized carbons (Fsp3) is 0.269. The Hall–Kier alpha value is -3.13. The van der Waals surface area contributed by atoms with Crippen LogP contribution in [-0.4, -0.2) is 35.6 Å². The molecular formula is C26H25Cl2N3O4. The number of hydrogen-bond donors (Lipinski definition) is 1. The molecule has 9 heteroatoms. The lowest BCUT2D eigenvalue weighted by Gasteiger charge is -2.14. The number of hydrogen-bond acceptors (Lipinski definition) is 5. The summed E-state index contributed by atoms with van der Waals surface area (Å²) in [5.41, 5.74) is 3.26. The van der Waals surface area contributed by atoms with E-state index in [0.717, 1.165) is 25.2 Å². The highest BCUT2D eigenvalue weighted by Gasteiger charge is 2.20. The van der Waals surface area contributed by atoms with Gasteiger partial charge in [-0.2, -0.15) is 0 Å². The van der Waals surface area contributed by atoms with Crippen molar-refractivity contribution in [3.05, 3.63) is 92.0 Å². The highest BCUT2D eigenvalue weighted by molar-refractivity contribution is 6.42. The Balaban J connectivity index is 1.32. The summed E-state index contributed by atoms with van der Waals surface area (Å²) in [7, 11) is 0. The van der Waals surface area contributed by atoms with Crippen LogP contribution in [-0.2, 0) is 13.0 Å². The van der Waals surface area contributed by atoms with Gasteiger partial charge in [-0.3, -0.25) is 15.0 Å². The van der Waals surface area contributed by atoms with Gasteiger partial charge in [0.1, 0.15) is 0 Å². The maximum atomic E-state index is 12.3. The predicted molar refractivity (Wildman–Crippen MR) is 137 cm³/mol. The fourth-order valence-corrected chi connectivity index (χ4v) is 4.35. The zero-order valence-corrected chi connectivity index (χ0v) is 20.5. The van der Waals surface area contributed by atoms with Crippen LogP contribution in [0.15, 0.2) is 60.7 Å². The quantitative estimate of drug-likeness (QED) is 0.274. The number of nitro groups is 1. The van der Waals surface area contributed by atoms with Gasteiger partial charge in [-0.15, -0.1) is 0 Å². The normalized spacial score (nSPS) is 13.5. The van der Waals surface area contributed by atoms with Crippen LogP contribution in [0.4, 0.5) is 10.5 Å². The lowest BCUT2D eigenvalue weighted by Crippen LogP contribution is -2.29. The molecular weight excluding hydrogens is 489 g/mol. The Morgan fingerprint density at radius 3 is 2.29 bits per heavy atom. The first-order valence-electron chi connectivity index (χ1n) is 11.4. The minimum Gasteiger partial charge on any atom is -0.403 e. The molecule has 0 spiro atoms. The highest BCUT2D eigenvalue weighted by atomic mass is 35.5. The van der Waals surface area contributed by atoms with Crippen molar-refractivity contribution in [1.29, 1.82) is 0 Å². The second-order valence-electron chi connectivity index (χ2n) is 8.43. The molecule has 1 heterocycles. The third-order valence-electron chi connectivity index (χ3n) is 5.92. The van der Waals surface area contributed by atoms with E-state index in [9.17, 15) is 14.9 Å². The number of nitrogens with one attached hydrogen (secondary N) is 1. The summed E-state index contributed by atoms with van der Waals surface area (Å²) in [6.07, 6.45) is 2.41. The molecule has 4 rings (SSSR count). The van der Waals surface area contributed by atoms with Crippen LogP contribution in [0.2, 0.25) is 10.0 Å². The molecule has 1 aliphatic heterocycles. The van der Waals surface area contributed by atoms with Gasteiger partial charge in [0.05, 0.1) is 15.0 Å². The van der Waals surface area contributed by atoms with E-state index in [1.165, 1.54) is 30.5 Å². The van der Waals surface area contributed by atoms with Gasteiger partial charge in [-0.25, -0.2) is 4.79 Å². The van der Waals surface area contributed by atoms with Crippen LogP contribution in [0.25, 0.3) is 11.1 Å². The van der Waals surface area contributed by atoms with E-state index in [-0.39, 0.29) is 11.4 Å². The van der Waals surface area contributed by atoms with E-state index in [4.69, 9.17) is 27.9 Å². The molecule has 0 bridgehead atoms. The molecule has 1 amide bonds. The summed E-state index contributed by atoms with van der Waals surface area (Å²) in [6.45, 7) is 3.63. The molecule has 1 N–H and O–H groups in total. The molecule has 3 aromatic rings. The minimum atomic E-state index is -0.749. The standard InChI is InChI=1S/C26H25Cl2N3O4/c27-22-9-7-20(15-23(22)28)21-8-10-25(24(16-21)31(33)34)35-26(32)29-12-11-18-3-5-19(6-4-18)17-30-13-1-2-14-30/h3-10,15-16H,1-2,11-14,17H2,(H,29,32). The van der Waals surface area contributed by atoms with Crippen molar-refractivity contribution in [2.24, 2.45) is 0 Å². The molecule has 1 fully saturated rings. The first kappa shape index (κ1) is 25.0. The molecule has 3 aromatic carbocycles. The lowest BCUT2D eigenvalue weighted by molar-refractivity contribution is -0.385. The van der Waals surface area contributed by atoms with Gasteiger partial charge in [0.15, 0.2) is 0 Å². The van der Waals surface area contributed by atoms with Crippen LogP contribution in [0.5, 0.6) is 5.75 Å². The predicted octanol–water partition coefficient (Wildman–Crippen LogP) is 6.50. The number of halogens is 2. The number of nitrogens with zero attached hydrogens (tertiary/aromatic N) is 2. The molecule has 0 saturated carbocycles. The zero-order chi connectivity index (χ0) is 24.8. The molecule has 7 nitrogen and oxygen atoms in total. The topological polar surface area (TPSA) is 84.7 Å². The number of benzene rings is 3. The van der Waals surface area contributed by atoms with E-state index < -0.39 is 11.0 Å². The van der Waals surface area contributed by atoms with Crippen LogP contribution >= 0.6 is 23.2 Å². The van der Waals surface area contributed by atoms with E-state index in [2.05, 4.69) is 34.5 Å². The number of likely N-dealkylation sites (tertiary alicyclic amines) is 1. The van der Waals surface area contributed by atoms with Crippen molar-refractivity contribution in [3.8, 4) is 16.9 Å². The van der Waals surface area contributed by atoms with Gasteiger partial charge in [-0.05, 0) is 72.8 Å². The van der Waals surface area contributed by atoms with Gasteiger partial charge >= 0.3 is 11.8 Å². The largest absolute Gasteiger partial charge is 0.412 e. The van der Waals surface area contributed by atoms with Crippen LogP contribution in [0.3, 0.4) is 0 Å². The van der Waals surface area contributed by atoms with Gasteiger partial charge < -0.3 is 10.1 Å². The van der Waals surface area contributed by atoms with Crippen molar-refractivity contribution < 1.29 is 14.5 Å². The summed E-state index contributed by atoms with van der Waals surface area (Å²) < 4.78 is 5.23. The van der Waals surface area contributed by atoms with Gasteiger partial charge in [0.2, 0.25) is 5.75 Å². The Bertz CT molecular complexity index is 1210. The second-order valence-corrected chi connectivity index (χ2v) is 9.25. The van der Waals surface area contributed by atoms with Crippen molar-refractivity contribution in [2.75, 3.05) is 19.6 Å². The minimum absolute atomic E-state index is 0.137. The highest BCUT2D eigenvalue weighted by Crippen LogP contribution is 2.34. The fourth-order valence-electron chi connectivity index (χ4n) is 4.06. The molecule has 0 atom stereocenters. The van der Waals surface area contributed by atoms with Gasteiger partial charge in [-0.1, -0.05) is 59.6 Å². The van der Waals surface area contributed by atoms with E-state index in [1.54, 1.807) is 24.3 Å². The molecule has 0 aliphatic carbocycles. The Morgan fingerprint density at radius 2 is 1.60 bits per heavy atom. The maximum Gasteiger partial charge on any atom is 0.412 e. The average molecular weight is 514 g/mol. The number of nitro benzene ring substituents is 1. The van der Waals surface area contributed by atoms with Crippen molar-refractivity contribution >= 4 is 35.0 Å². The third kappa shape index (κ3) is 6.72. The summed E-state index contributed by atoms with van der Waals surface area (Å²) in [6, 6.07) is 17.7. The maximum absolute atomic E-state index is 12.3. The molecule has 35 heavy (non-hydrogen) atoms. The smallest absolute Gasteiger partial charge is 0.403 e. The monoisotopic (exact) mass is 513 g/mol. The average Bonchev–Trinajstić information content (AvgIpc) is 3.35. The summed E-state index contributed by atoms with van der Waals surface area (Å²) in [5.74, 6) is -0.137. The molecule has 1 aliphatic rings. The SMILES string of the molecule is O=C(NCCc1ccc(CN2CCCC2)cc1)Oc1ccc(-c2ccc(Cl)c(Cl)c2)cc1[N+](=O)[O-]. The Kier molecular flexibility index (Phi) is 8.23. The molecule has 182 valence electrons. The van der Waals surface area contributed by atoms with Crippen molar-refractivity contribution in [1.82, 2.24) is 10.2 Å². The van der Waals surface area contributed by atoms with Crippen molar-refractivity contribution in [2.45, 2.75) is 25.8 Å². The van der Waals surface area contributed by atoms with Crippen LogP contribution in [0.1, 0.15) is 24.0 Å². The van der Waals surface area contributed by atoms with E-state index in [1.807, 2.05) is 0 Å². The Labute approximate surface area is 213 Å². The molecule has 0 unspecified atom stereocenters. The van der Waals surface area contributed by atoms with Gasteiger partial charge in [0, 0.05) is 19.2 Å². The number of rotatable bonds is 8. The van der Waals surface area contributed by atoms with E-state index in [0.29, 0.717) is 34.1 Å². The number of carbonyl (C=O) groups excluding carboxylic acids is 1. The van der Waals surface area contributed by atoms with Crippen LogP contribution in [0, 0.1) is 10.1 Å².